The molecule has 0 saturated carbocycles. The fourth-order valence-corrected chi connectivity index (χ4v) is 4.84. The quantitative estimate of drug-likeness (QED) is 0.763. The molecule has 2 heterocycles. The minimum absolute atomic E-state index is 0.0479. The Kier molecular flexibility index (Phi) is 5.14. The fourth-order valence-electron chi connectivity index (χ4n) is 3.58. The second kappa shape index (κ2) is 7.75. The molecule has 8 nitrogen and oxygen atoms in total. The molecule has 152 valence electrons. The van der Waals surface area contributed by atoms with E-state index in [0.717, 1.165) is 4.88 Å². The summed E-state index contributed by atoms with van der Waals surface area (Å²) in [6.07, 6.45) is 0.307. The van der Waals surface area contributed by atoms with E-state index in [-0.39, 0.29) is 12.2 Å². The maximum Gasteiger partial charge on any atom is 0.341 e. The number of para-hydroxylation sites is 2. The molecule has 0 fully saturated rings. The number of fused-ring (bicyclic) bond motifs is 2. The highest BCUT2D eigenvalue weighted by Crippen LogP contribution is 2.46. The Morgan fingerprint density at radius 3 is 2.62 bits per heavy atom. The molecule has 29 heavy (non-hydrogen) atoms. The lowest BCUT2D eigenvalue weighted by Crippen LogP contribution is -2.40. The zero-order chi connectivity index (χ0) is 20.5. The number of hydrogen-bond donors (Lipinski definition) is 1. The highest BCUT2D eigenvalue weighted by atomic mass is 32.1. The Labute approximate surface area is 170 Å². The van der Waals surface area contributed by atoms with Crippen molar-refractivity contribution in [3.05, 3.63) is 40.3 Å². The van der Waals surface area contributed by atoms with Crippen LogP contribution in [0.3, 0.4) is 0 Å². The van der Waals surface area contributed by atoms with Gasteiger partial charge in [0.25, 0.3) is 5.91 Å². The Morgan fingerprint density at radius 1 is 1.14 bits per heavy atom. The van der Waals surface area contributed by atoms with Gasteiger partial charge in [0.1, 0.15) is 11.6 Å². The van der Waals surface area contributed by atoms with Crippen molar-refractivity contribution in [1.29, 1.82) is 0 Å². The van der Waals surface area contributed by atoms with E-state index in [9.17, 15) is 14.4 Å². The van der Waals surface area contributed by atoms with Crippen molar-refractivity contribution in [3.63, 3.8) is 0 Å². The van der Waals surface area contributed by atoms with E-state index in [1.165, 1.54) is 25.6 Å². The summed E-state index contributed by atoms with van der Waals surface area (Å²) in [7, 11) is 2.57. The normalized spacial score (nSPS) is 19.2. The summed E-state index contributed by atoms with van der Waals surface area (Å²) < 4.78 is 21.1. The molecule has 2 aliphatic rings. The van der Waals surface area contributed by atoms with Crippen LogP contribution in [0.4, 0.5) is 5.00 Å². The van der Waals surface area contributed by atoms with Crippen LogP contribution < -0.4 is 14.8 Å². The number of amides is 1. The van der Waals surface area contributed by atoms with E-state index in [1.807, 2.05) is 6.07 Å². The first-order valence-electron chi connectivity index (χ1n) is 9.04. The van der Waals surface area contributed by atoms with Crippen LogP contribution in [0.15, 0.2) is 24.3 Å². The molecule has 0 radical (unpaired) electrons. The van der Waals surface area contributed by atoms with Gasteiger partial charge in [-0.05, 0) is 30.5 Å². The van der Waals surface area contributed by atoms with Gasteiger partial charge in [-0.1, -0.05) is 12.1 Å². The zero-order valence-electron chi connectivity index (χ0n) is 15.9. The third kappa shape index (κ3) is 3.42. The SMILES string of the molecule is COC(=O)c1c(NC(=O)C2COc3ccccc3O2)sc2c1C(C(=O)OC)CC2. The number of ether oxygens (including phenoxy) is 4. The summed E-state index contributed by atoms with van der Waals surface area (Å²) in [6.45, 7) is 0.0479. The average molecular weight is 417 g/mol. The van der Waals surface area contributed by atoms with E-state index < -0.39 is 29.9 Å². The van der Waals surface area contributed by atoms with Crippen LogP contribution in [0.1, 0.15) is 33.1 Å². The van der Waals surface area contributed by atoms with Crippen molar-refractivity contribution < 1.29 is 33.3 Å². The number of esters is 2. The predicted octanol–water partition coefficient (Wildman–Crippen LogP) is 2.52. The second-order valence-electron chi connectivity index (χ2n) is 6.60. The number of nitrogens with one attached hydrogen (secondary N) is 1. The first kappa shape index (κ1) is 19.3. The van der Waals surface area contributed by atoms with Gasteiger partial charge in [-0.25, -0.2) is 4.79 Å². The topological polar surface area (TPSA) is 100 Å². The number of hydrogen-bond acceptors (Lipinski definition) is 8. The smallest absolute Gasteiger partial charge is 0.341 e. The van der Waals surface area contributed by atoms with Crippen molar-refractivity contribution >= 4 is 34.2 Å². The van der Waals surface area contributed by atoms with Crippen LogP contribution in [0.25, 0.3) is 0 Å². The van der Waals surface area contributed by atoms with Crippen molar-refractivity contribution in [2.45, 2.75) is 24.9 Å². The Hall–Kier alpha value is -3.07. The molecule has 0 spiro atoms. The molecule has 1 amide bonds. The largest absolute Gasteiger partial charge is 0.485 e. The van der Waals surface area contributed by atoms with E-state index in [2.05, 4.69) is 5.32 Å². The standard InChI is InChI=1S/C20H19NO7S/c1-25-19(23)10-7-8-14-15(10)16(20(24)26-2)18(29-14)21-17(22)13-9-27-11-5-3-4-6-12(11)28-13/h3-6,10,13H,7-9H2,1-2H3,(H,21,22). The van der Waals surface area contributed by atoms with E-state index >= 15 is 0 Å². The highest BCUT2D eigenvalue weighted by Gasteiger charge is 2.39. The van der Waals surface area contributed by atoms with Crippen LogP contribution in [0.5, 0.6) is 11.5 Å². The third-order valence-electron chi connectivity index (χ3n) is 4.94. The number of carbonyl (C=O) groups excluding carboxylic acids is 3. The predicted molar refractivity (Wildman–Crippen MR) is 104 cm³/mol. The number of carbonyl (C=O) groups is 3. The van der Waals surface area contributed by atoms with Crippen LogP contribution in [-0.2, 0) is 25.5 Å². The summed E-state index contributed by atoms with van der Waals surface area (Å²) in [6, 6.07) is 7.08. The maximum atomic E-state index is 12.8. The highest BCUT2D eigenvalue weighted by molar-refractivity contribution is 7.17. The summed E-state index contributed by atoms with van der Waals surface area (Å²) in [5.74, 6) is -0.967. The summed E-state index contributed by atoms with van der Waals surface area (Å²) >= 11 is 1.26. The number of aryl methyl sites for hydroxylation is 1. The molecular formula is C20H19NO7S. The van der Waals surface area contributed by atoms with Crippen molar-refractivity contribution in [2.75, 3.05) is 26.1 Å². The van der Waals surface area contributed by atoms with Crippen LogP contribution in [0.2, 0.25) is 0 Å². The van der Waals surface area contributed by atoms with Crippen LogP contribution in [-0.4, -0.2) is 44.8 Å². The molecule has 2 aromatic rings. The molecule has 2 unspecified atom stereocenters. The third-order valence-corrected chi connectivity index (χ3v) is 6.12. The molecule has 0 bridgehead atoms. The molecule has 9 heteroatoms. The van der Waals surface area contributed by atoms with Gasteiger partial charge < -0.3 is 24.3 Å². The van der Waals surface area contributed by atoms with Crippen molar-refractivity contribution in [2.24, 2.45) is 0 Å². The first-order valence-corrected chi connectivity index (χ1v) is 9.86. The van der Waals surface area contributed by atoms with Gasteiger partial charge in [0.15, 0.2) is 11.5 Å². The lowest BCUT2D eigenvalue weighted by molar-refractivity contribution is -0.142. The van der Waals surface area contributed by atoms with Gasteiger partial charge in [-0.3, -0.25) is 9.59 Å². The summed E-state index contributed by atoms with van der Waals surface area (Å²) in [5.41, 5.74) is 0.779. The van der Waals surface area contributed by atoms with Gasteiger partial charge in [-0.2, -0.15) is 0 Å². The summed E-state index contributed by atoms with van der Waals surface area (Å²) in [4.78, 5) is 38.2. The minimum Gasteiger partial charge on any atom is -0.485 e. The fraction of sp³-hybridized carbons (Fsp3) is 0.350. The molecule has 1 aliphatic heterocycles. The first-order chi connectivity index (χ1) is 14.0. The lowest BCUT2D eigenvalue weighted by Gasteiger charge is -2.25. The second-order valence-corrected chi connectivity index (χ2v) is 7.71. The van der Waals surface area contributed by atoms with Gasteiger partial charge in [0.05, 0.1) is 25.7 Å². The minimum atomic E-state index is -0.872. The van der Waals surface area contributed by atoms with E-state index in [4.69, 9.17) is 18.9 Å². The van der Waals surface area contributed by atoms with Crippen molar-refractivity contribution in [1.82, 2.24) is 0 Å². The molecular weight excluding hydrogens is 398 g/mol. The van der Waals surface area contributed by atoms with Crippen molar-refractivity contribution in [3.8, 4) is 11.5 Å². The van der Waals surface area contributed by atoms with Gasteiger partial charge in [-0.15, -0.1) is 11.3 Å². The molecule has 1 aromatic heterocycles. The van der Waals surface area contributed by atoms with E-state index in [1.54, 1.807) is 18.2 Å². The molecule has 1 N–H and O–H groups in total. The molecule has 1 aliphatic carbocycles. The van der Waals surface area contributed by atoms with E-state index in [0.29, 0.717) is 34.9 Å². The van der Waals surface area contributed by atoms with Gasteiger partial charge in [0.2, 0.25) is 6.10 Å². The molecule has 0 saturated heterocycles. The number of thiophene rings is 1. The molecule has 2 atom stereocenters. The zero-order valence-corrected chi connectivity index (χ0v) is 16.7. The Morgan fingerprint density at radius 2 is 1.90 bits per heavy atom. The Bertz CT molecular complexity index is 983. The van der Waals surface area contributed by atoms with Gasteiger partial charge >= 0.3 is 11.9 Å². The van der Waals surface area contributed by atoms with Crippen LogP contribution >= 0.6 is 11.3 Å². The lowest BCUT2D eigenvalue weighted by atomic mass is 9.99. The number of benzene rings is 1. The summed E-state index contributed by atoms with van der Waals surface area (Å²) in [5, 5.41) is 3.09. The van der Waals surface area contributed by atoms with Gasteiger partial charge in [0, 0.05) is 4.88 Å². The molecule has 4 rings (SSSR count). The monoisotopic (exact) mass is 417 g/mol. The number of methoxy groups -OCH3 is 2. The number of anilines is 1. The van der Waals surface area contributed by atoms with Crippen LogP contribution in [0, 0.1) is 0 Å². The average Bonchev–Trinajstić information content (AvgIpc) is 3.31. The number of rotatable bonds is 4. The maximum absolute atomic E-state index is 12.8. The molecule has 1 aromatic carbocycles. The Balaban J connectivity index is 1.60.